The molecular weight excluding hydrogens is 218 g/mol. The van der Waals surface area contributed by atoms with Crippen molar-refractivity contribution in [1.29, 1.82) is 0 Å². The molecule has 4 N–H and O–H groups in total. The van der Waals surface area contributed by atoms with Gasteiger partial charge in [0.05, 0.1) is 0 Å². The van der Waals surface area contributed by atoms with Gasteiger partial charge in [-0.3, -0.25) is 4.79 Å². The third-order valence-corrected chi connectivity index (χ3v) is 2.43. The third kappa shape index (κ3) is 3.30. The zero-order valence-corrected chi connectivity index (χ0v) is 8.71. The summed E-state index contributed by atoms with van der Waals surface area (Å²) in [6.07, 6.45) is 0.683. The smallest absolute Gasteiger partial charge is 0.355 e. The maximum atomic E-state index is 11.4. The summed E-state index contributed by atoms with van der Waals surface area (Å²) in [6, 6.07) is 0. The number of carboxylic acids is 1. The molecule has 0 fully saturated rings. The minimum absolute atomic E-state index is 0.107. The average Bonchev–Trinajstić information content (AvgIpc) is 2.66. The molecule has 1 heterocycles. The van der Waals surface area contributed by atoms with Crippen LogP contribution in [0.15, 0.2) is 5.38 Å². The summed E-state index contributed by atoms with van der Waals surface area (Å²) in [5.41, 5.74) is 5.15. The van der Waals surface area contributed by atoms with Crippen LogP contribution in [-0.4, -0.2) is 35.1 Å². The van der Waals surface area contributed by atoms with E-state index in [2.05, 4.69) is 10.3 Å². The Morgan fingerprint density at radius 1 is 1.60 bits per heavy atom. The first-order valence-electron chi connectivity index (χ1n) is 4.32. The van der Waals surface area contributed by atoms with Crippen LogP contribution >= 0.6 is 11.3 Å². The molecule has 0 unspecified atom stereocenters. The normalized spacial score (nSPS) is 9.93. The van der Waals surface area contributed by atoms with Crippen LogP contribution in [0.4, 0.5) is 0 Å². The Balaban J connectivity index is 2.54. The number of amides is 1. The van der Waals surface area contributed by atoms with E-state index in [9.17, 15) is 9.59 Å². The topological polar surface area (TPSA) is 105 Å². The zero-order valence-electron chi connectivity index (χ0n) is 7.90. The molecule has 1 aromatic heterocycles. The number of aromatic carboxylic acids is 1. The fourth-order valence-corrected chi connectivity index (χ4v) is 1.56. The predicted molar refractivity (Wildman–Crippen MR) is 55.1 cm³/mol. The number of rotatable bonds is 5. The van der Waals surface area contributed by atoms with Gasteiger partial charge in [0.25, 0.3) is 5.91 Å². The third-order valence-electron chi connectivity index (χ3n) is 1.58. The van der Waals surface area contributed by atoms with Crippen LogP contribution in [0.3, 0.4) is 0 Å². The molecule has 15 heavy (non-hydrogen) atoms. The summed E-state index contributed by atoms with van der Waals surface area (Å²) in [7, 11) is 0. The molecule has 0 atom stereocenters. The highest BCUT2D eigenvalue weighted by Crippen LogP contribution is 2.09. The van der Waals surface area contributed by atoms with Crippen LogP contribution in [0, 0.1) is 0 Å². The molecule has 0 aromatic carbocycles. The molecule has 1 aromatic rings. The van der Waals surface area contributed by atoms with Crippen LogP contribution in [0.2, 0.25) is 0 Å². The number of hydrogen-bond donors (Lipinski definition) is 3. The summed E-state index contributed by atoms with van der Waals surface area (Å²) in [5.74, 6) is -1.49. The lowest BCUT2D eigenvalue weighted by molar-refractivity contribution is 0.0691. The molecule has 6 nitrogen and oxygen atoms in total. The van der Waals surface area contributed by atoms with Crippen molar-refractivity contribution in [2.24, 2.45) is 5.73 Å². The van der Waals surface area contributed by atoms with Gasteiger partial charge < -0.3 is 16.2 Å². The van der Waals surface area contributed by atoms with Crippen molar-refractivity contribution >= 4 is 23.2 Å². The van der Waals surface area contributed by atoms with E-state index in [4.69, 9.17) is 10.8 Å². The second-order valence-corrected chi connectivity index (χ2v) is 3.60. The lowest BCUT2D eigenvalue weighted by Crippen LogP contribution is -2.25. The van der Waals surface area contributed by atoms with E-state index in [-0.39, 0.29) is 16.6 Å². The number of nitrogens with one attached hydrogen (secondary N) is 1. The van der Waals surface area contributed by atoms with Crippen LogP contribution in [0.5, 0.6) is 0 Å². The molecule has 0 aliphatic heterocycles. The highest BCUT2D eigenvalue weighted by molar-refractivity contribution is 7.11. The summed E-state index contributed by atoms with van der Waals surface area (Å²) >= 11 is 1.01. The minimum Gasteiger partial charge on any atom is -0.476 e. The summed E-state index contributed by atoms with van der Waals surface area (Å²) in [6.45, 7) is 0.968. The van der Waals surface area contributed by atoms with Gasteiger partial charge in [-0.25, -0.2) is 9.78 Å². The van der Waals surface area contributed by atoms with Crippen molar-refractivity contribution in [3.63, 3.8) is 0 Å². The summed E-state index contributed by atoms with van der Waals surface area (Å²) in [4.78, 5) is 25.5. The molecule has 1 amide bonds. The van der Waals surface area contributed by atoms with Gasteiger partial charge in [-0.05, 0) is 13.0 Å². The van der Waals surface area contributed by atoms with Crippen molar-refractivity contribution in [3.8, 4) is 0 Å². The van der Waals surface area contributed by atoms with Gasteiger partial charge in [0, 0.05) is 11.9 Å². The van der Waals surface area contributed by atoms with Crippen LogP contribution in [0.25, 0.3) is 0 Å². The van der Waals surface area contributed by atoms with Crippen molar-refractivity contribution in [2.75, 3.05) is 13.1 Å². The predicted octanol–water partition coefficient (Wildman–Crippen LogP) is -0.0801. The molecule has 0 saturated carbocycles. The molecule has 0 aliphatic rings. The quantitative estimate of drug-likeness (QED) is 0.612. The van der Waals surface area contributed by atoms with Crippen molar-refractivity contribution in [1.82, 2.24) is 10.3 Å². The Kier molecular flexibility index (Phi) is 4.19. The minimum atomic E-state index is -1.13. The van der Waals surface area contributed by atoms with Gasteiger partial charge in [0.2, 0.25) is 0 Å². The Labute approximate surface area is 90.1 Å². The summed E-state index contributed by atoms with van der Waals surface area (Å²) in [5, 5.41) is 12.7. The first-order chi connectivity index (χ1) is 7.15. The highest BCUT2D eigenvalue weighted by Gasteiger charge is 2.13. The monoisotopic (exact) mass is 229 g/mol. The highest BCUT2D eigenvalue weighted by atomic mass is 32.1. The van der Waals surface area contributed by atoms with Crippen LogP contribution in [0.1, 0.15) is 26.7 Å². The Hall–Kier alpha value is -1.47. The first-order valence-corrected chi connectivity index (χ1v) is 5.20. The number of aromatic nitrogens is 1. The number of carbonyl (C=O) groups is 2. The molecular formula is C8H11N3O3S. The van der Waals surface area contributed by atoms with E-state index in [1.165, 1.54) is 5.38 Å². The molecule has 0 saturated heterocycles. The Morgan fingerprint density at radius 2 is 2.33 bits per heavy atom. The van der Waals surface area contributed by atoms with Crippen molar-refractivity contribution < 1.29 is 14.7 Å². The second-order valence-electron chi connectivity index (χ2n) is 2.74. The maximum Gasteiger partial charge on any atom is 0.355 e. The molecule has 1 rings (SSSR count). The fourth-order valence-electron chi connectivity index (χ4n) is 0.856. The SMILES string of the molecule is NCCCNC(=O)c1nc(C(=O)O)cs1. The lowest BCUT2D eigenvalue weighted by Gasteiger charge is -1.99. The van der Waals surface area contributed by atoms with E-state index in [0.717, 1.165) is 11.3 Å². The van der Waals surface area contributed by atoms with E-state index in [0.29, 0.717) is 19.5 Å². The number of hydrogen-bond acceptors (Lipinski definition) is 5. The maximum absolute atomic E-state index is 11.4. The molecule has 82 valence electrons. The van der Waals surface area contributed by atoms with E-state index in [1.807, 2.05) is 0 Å². The number of thiazole rings is 1. The Bertz CT molecular complexity index is 364. The number of nitrogens with zero attached hydrogens (tertiary/aromatic N) is 1. The zero-order chi connectivity index (χ0) is 11.3. The van der Waals surface area contributed by atoms with Gasteiger partial charge in [-0.1, -0.05) is 0 Å². The van der Waals surface area contributed by atoms with Gasteiger partial charge in [0.1, 0.15) is 0 Å². The lowest BCUT2D eigenvalue weighted by atomic mass is 10.4. The largest absolute Gasteiger partial charge is 0.476 e. The molecule has 7 heteroatoms. The number of carbonyl (C=O) groups excluding carboxylic acids is 1. The van der Waals surface area contributed by atoms with E-state index >= 15 is 0 Å². The number of carboxylic acid groups (broad SMARTS) is 1. The van der Waals surface area contributed by atoms with Crippen LogP contribution < -0.4 is 11.1 Å². The summed E-state index contributed by atoms with van der Waals surface area (Å²) < 4.78 is 0. The van der Waals surface area contributed by atoms with Gasteiger partial charge in [-0.15, -0.1) is 11.3 Å². The first kappa shape index (κ1) is 11.6. The Morgan fingerprint density at radius 3 is 2.87 bits per heavy atom. The number of nitrogens with two attached hydrogens (primary N) is 1. The average molecular weight is 229 g/mol. The van der Waals surface area contributed by atoms with Gasteiger partial charge in [-0.2, -0.15) is 0 Å². The standard InChI is InChI=1S/C8H11N3O3S/c9-2-1-3-10-6(12)7-11-5(4-15-7)8(13)14/h4H,1-3,9H2,(H,10,12)(H,13,14). The second kappa shape index (κ2) is 5.42. The van der Waals surface area contributed by atoms with Crippen LogP contribution in [-0.2, 0) is 0 Å². The fraction of sp³-hybridized carbons (Fsp3) is 0.375. The molecule has 0 aliphatic carbocycles. The van der Waals surface area contributed by atoms with Crippen molar-refractivity contribution in [3.05, 3.63) is 16.1 Å². The molecule has 0 spiro atoms. The molecule has 0 bridgehead atoms. The van der Waals surface area contributed by atoms with E-state index in [1.54, 1.807) is 0 Å². The van der Waals surface area contributed by atoms with Crippen molar-refractivity contribution in [2.45, 2.75) is 6.42 Å². The van der Waals surface area contributed by atoms with E-state index < -0.39 is 5.97 Å². The van der Waals surface area contributed by atoms with Gasteiger partial charge >= 0.3 is 5.97 Å². The molecule has 0 radical (unpaired) electrons. The van der Waals surface area contributed by atoms with Gasteiger partial charge in [0.15, 0.2) is 10.7 Å².